The average molecular weight is 249 g/mol. The zero-order valence-electron chi connectivity index (χ0n) is 10.8. The third kappa shape index (κ3) is 3.01. The smallest absolute Gasteiger partial charge is 0.412 e. The van der Waals surface area contributed by atoms with E-state index in [0.29, 0.717) is 13.0 Å². The number of carbonyl (C=O) groups is 1. The summed E-state index contributed by atoms with van der Waals surface area (Å²) in [5.41, 5.74) is 0.647. The number of nitrogens with zero attached hydrogens (tertiary/aromatic N) is 1. The Bertz CT molecular complexity index is 416. The Balaban J connectivity index is 1.89. The number of ether oxygens (including phenoxy) is 1. The van der Waals surface area contributed by atoms with Crippen molar-refractivity contribution in [3.05, 3.63) is 35.9 Å². The molecule has 0 aliphatic carbocycles. The lowest BCUT2D eigenvalue weighted by Crippen LogP contribution is -2.37. The number of benzene rings is 1. The van der Waals surface area contributed by atoms with Gasteiger partial charge in [0.15, 0.2) is 0 Å². The molecular formula is C14H19NO3. The summed E-state index contributed by atoms with van der Waals surface area (Å²) in [6.45, 7) is 4.12. The molecule has 1 aromatic rings. The molecule has 18 heavy (non-hydrogen) atoms. The Labute approximate surface area is 107 Å². The van der Waals surface area contributed by atoms with E-state index in [1.807, 2.05) is 44.2 Å². The molecular weight excluding hydrogens is 230 g/mol. The topological polar surface area (TPSA) is 49.8 Å². The van der Waals surface area contributed by atoms with Gasteiger partial charge in [-0.15, -0.1) is 0 Å². The molecule has 1 N–H and O–H groups in total. The van der Waals surface area contributed by atoms with Crippen LogP contribution >= 0.6 is 0 Å². The van der Waals surface area contributed by atoms with Gasteiger partial charge in [-0.25, -0.2) is 4.79 Å². The number of cyclic esters (lactones) is 1. The predicted octanol–water partition coefficient (Wildman–Crippen LogP) is 2.17. The third-order valence-corrected chi connectivity index (χ3v) is 3.04. The Morgan fingerprint density at radius 2 is 2.06 bits per heavy atom. The first-order valence-corrected chi connectivity index (χ1v) is 6.19. The fourth-order valence-electron chi connectivity index (χ4n) is 2.13. The summed E-state index contributed by atoms with van der Waals surface area (Å²) in [5, 5.41) is 10.0. The third-order valence-electron chi connectivity index (χ3n) is 3.04. The fraction of sp³-hybridized carbons (Fsp3) is 0.500. The van der Waals surface area contributed by atoms with Crippen LogP contribution in [0.4, 0.5) is 4.79 Å². The van der Waals surface area contributed by atoms with Crippen LogP contribution in [0.3, 0.4) is 0 Å². The van der Waals surface area contributed by atoms with Crippen molar-refractivity contribution in [3.8, 4) is 0 Å². The second-order valence-electron chi connectivity index (χ2n) is 5.26. The molecule has 2 rings (SSSR count). The van der Waals surface area contributed by atoms with Gasteiger partial charge in [-0.3, -0.25) is 4.90 Å². The van der Waals surface area contributed by atoms with Crippen LogP contribution in [0.1, 0.15) is 25.8 Å². The summed E-state index contributed by atoms with van der Waals surface area (Å²) in [4.78, 5) is 13.0. The normalized spacial score (nSPS) is 19.7. The lowest BCUT2D eigenvalue weighted by molar-refractivity contribution is 0.0315. The molecule has 4 nitrogen and oxygen atoms in total. The SMILES string of the molecule is CC1(C)CN(C(O)CCc2ccccc2)C(=O)O1. The average Bonchev–Trinajstić information content (AvgIpc) is 2.61. The standard InChI is InChI=1S/C14H19NO3/c1-14(2)10-15(13(17)18-14)12(16)9-8-11-6-4-3-5-7-11/h3-7,12,16H,8-10H2,1-2H3. The second kappa shape index (κ2) is 4.98. The molecule has 0 aromatic heterocycles. The van der Waals surface area contributed by atoms with Crippen LogP contribution in [0.15, 0.2) is 30.3 Å². The van der Waals surface area contributed by atoms with E-state index in [0.717, 1.165) is 12.0 Å². The molecule has 1 aliphatic heterocycles. The number of carbonyl (C=O) groups excluding carboxylic acids is 1. The summed E-state index contributed by atoms with van der Waals surface area (Å²) in [5.74, 6) is 0. The Morgan fingerprint density at radius 1 is 1.39 bits per heavy atom. The van der Waals surface area contributed by atoms with Crippen LogP contribution in [-0.4, -0.2) is 34.5 Å². The van der Waals surface area contributed by atoms with Gasteiger partial charge in [0.1, 0.15) is 11.8 Å². The maximum absolute atomic E-state index is 11.6. The van der Waals surface area contributed by atoms with Gasteiger partial charge in [-0.1, -0.05) is 30.3 Å². The van der Waals surface area contributed by atoms with E-state index in [-0.39, 0.29) is 0 Å². The van der Waals surface area contributed by atoms with Crippen LogP contribution in [0.2, 0.25) is 0 Å². The van der Waals surface area contributed by atoms with Crippen LogP contribution < -0.4 is 0 Å². The van der Waals surface area contributed by atoms with Crippen LogP contribution in [0, 0.1) is 0 Å². The van der Waals surface area contributed by atoms with Gasteiger partial charge in [-0.05, 0) is 32.3 Å². The van der Waals surface area contributed by atoms with Gasteiger partial charge in [0, 0.05) is 0 Å². The van der Waals surface area contributed by atoms with Gasteiger partial charge >= 0.3 is 6.09 Å². The number of aryl methyl sites for hydroxylation is 1. The minimum absolute atomic E-state index is 0.430. The molecule has 1 fully saturated rings. The van der Waals surface area contributed by atoms with Crippen molar-refractivity contribution in [2.45, 2.75) is 38.5 Å². The maximum atomic E-state index is 11.6. The minimum Gasteiger partial charge on any atom is -0.441 e. The van der Waals surface area contributed by atoms with E-state index < -0.39 is 17.9 Å². The van der Waals surface area contributed by atoms with Crippen LogP contribution in [-0.2, 0) is 11.2 Å². The maximum Gasteiger partial charge on any atom is 0.412 e. The van der Waals surface area contributed by atoms with E-state index in [9.17, 15) is 9.90 Å². The molecule has 1 atom stereocenters. The molecule has 4 heteroatoms. The quantitative estimate of drug-likeness (QED) is 0.889. The predicted molar refractivity (Wildman–Crippen MR) is 68.0 cm³/mol. The van der Waals surface area contributed by atoms with Crippen molar-refractivity contribution in [1.82, 2.24) is 4.90 Å². The highest BCUT2D eigenvalue weighted by molar-refractivity contribution is 5.70. The lowest BCUT2D eigenvalue weighted by atomic mass is 10.1. The number of aliphatic hydroxyl groups excluding tert-OH is 1. The molecule has 1 saturated heterocycles. The van der Waals surface area contributed by atoms with Gasteiger partial charge in [0.05, 0.1) is 6.54 Å². The fourth-order valence-corrected chi connectivity index (χ4v) is 2.13. The second-order valence-corrected chi connectivity index (χ2v) is 5.26. The molecule has 1 amide bonds. The van der Waals surface area contributed by atoms with E-state index >= 15 is 0 Å². The van der Waals surface area contributed by atoms with Gasteiger partial charge in [-0.2, -0.15) is 0 Å². The minimum atomic E-state index is -0.778. The Hall–Kier alpha value is -1.55. The van der Waals surface area contributed by atoms with E-state index in [1.54, 1.807) is 0 Å². The van der Waals surface area contributed by atoms with Crippen molar-refractivity contribution >= 4 is 6.09 Å². The molecule has 1 heterocycles. The molecule has 1 aromatic carbocycles. The number of hydrogen-bond donors (Lipinski definition) is 1. The molecule has 1 unspecified atom stereocenters. The van der Waals surface area contributed by atoms with Crippen LogP contribution in [0.5, 0.6) is 0 Å². The van der Waals surface area contributed by atoms with E-state index in [1.165, 1.54) is 4.90 Å². The lowest BCUT2D eigenvalue weighted by Gasteiger charge is -2.21. The largest absolute Gasteiger partial charge is 0.441 e. The monoisotopic (exact) mass is 249 g/mol. The zero-order chi connectivity index (χ0) is 13.2. The van der Waals surface area contributed by atoms with E-state index in [4.69, 9.17) is 4.74 Å². The van der Waals surface area contributed by atoms with Crippen molar-refractivity contribution < 1.29 is 14.6 Å². The first-order chi connectivity index (χ1) is 8.48. The van der Waals surface area contributed by atoms with Crippen molar-refractivity contribution in [1.29, 1.82) is 0 Å². The molecule has 1 aliphatic rings. The van der Waals surface area contributed by atoms with Crippen molar-refractivity contribution in [2.75, 3.05) is 6.54 Å². The first-order valence-electron chi connectivity index (χ1n) is 6.19. The highest BCUT2D eigenvalue weighted by Gasteiger charge is 2.40. The van der Waals surface area contributed by atoms with Gasteiger partial charge < -0.3 is 9.84 Å². The Kier molecular flexibility index (Phi) is 3.57. The summed E-state index contributed by atoms with van der Waals surface area (Å²) < 4.78 is 5.16. The molecule has 0 saturated carbocycles. The first kappa shape index (κ1) is 12.9. The molecule has 0 spiro atoms. The number of amides is 1. The van der Waals surface area contributed by atoms with Crippen LogP contribution in [0.25, 0.3) is 0 Å². The zero-order valence-corrected chi connectivity index (χ0v) is 10.8. The van der Waals surface area contributed by atoms with Gasteiger partial charge in [0.2, 0.25) is 0 Å². The summed E-state index contributed by atoms with van der Waals surface area (Å²) >= 11 is 0. The molecule has 0 radical (unpaired) electrons. The summed E-state index contributed by atoms with van der Waals surface area (Å²) in [6.07, 6.45) is 0.0570. The summed E-state index contributed by atoms with van der Waals surface area (Å²) in [7, 11) is 0. The number of hydrogen-bond acceptors (Lipinski definition) is 3. The van der Waals surface area contributed by atoms with E-state index in [2.05, 4.69) is 0 Å². The molecule has 0 bridgehead atoms. The van der Waals surface area contributed by atoms with Crippen molar-refractivity contribution in [2.24, 2.45) is 0 Å². The highest BCUT2D eigenvalue weighted by Crippen LogP contribution is 2.24. The Morgan fingerprint density at radius 3 is 2.61 bits per heavy atom. The molecule has 98 valence electrons. The highest BCUT2D eigenvalue weighted by atomic mass is 16.6. The number of rotatable bonds is 4. The number of aliphatic hydroxyl groups is 1. The van der Waals surface area contributed by atoms with Gasteiger partial charge in [0.25, 0.3) is 0 Å². The summed E-state index contributed by atoms with van der Waals surface area (Å²) in [6, 6.07) is 9.92. The van der Waals surface area contributed by atoms with Crippen molar-refractivity contribution in [3.63, 3.8) is 0 Å².